The van der Waals surface area contributed by atoms with Gasteiger partial charge < -0.3 is 5.32 Å². The molecule has 0 saturated carbocycles. The molecule has 0 radical (unpaired) electrons. The van der Waals surface area contributed by atoms with E-state index in [2.05, 4.69) is 22.2 Å². The highest BCUT2D eigenvalue weighted by molar-refractivity contribution is 5.29. The van der Waals surface area contributed by atoms with E-state index in [4.69, 9.17) is 0 Å². The molecule has 2 aromatic rings. The first kappa shape index (κ1) is 12.6. The summed E-state index contributed by atoms with van der Waals surface area (Å²) in [4.78, 5) is 7.87. The molecule has 4 heteroatoms. The zero-order valence-corrected chi connectivity index (χ0v) is 10.3. The highest BCUT2D eigenvalue weighted by Gasteiger charge is 2.16. The second-order valence-electron chi connectivity index (χ2n) is 4.07. The largest absolute Gasteiger partial charge is 0.306 e. The topological polar surface area (TPSA) is 37.8 Å². The van der Waals surface area contributed by atoms with Crippen LogP contribution in [-0.4, -0.2) is 16.5 Å². The summed E-state index contributed by atoms with van der Waals surface area (Å²) in [5, 5.41) is 3.34. The molecule has 0 aliphatic heterocycles. The Balaban J connectivity index is 2.34. The van der Waals surface area contributed by atoms with Crippen molar-refractivity contribution < 1.29 is 4.39 Å². The van der Waals surface area contributed by atoms with Gasteiger partial charge in [0.15, 0.2) is 0 Å². The summed E-state index contributed by atoms with van der Waals surface area (Å²) in [5.74, 6) is -0.296. The van der Waals surface area contributed by atoms with E-state index < -0.39 is 0 Å². The van der Waals surface area contributed by atoms with Crippen molar-refractivity contribution in [1.82, 2.24) is 15.3 Å². The lowest BCUT2D eigenvalue weighted by atomic mass is 10.0. The van der Waals surface area contributed by atoms with E-state index in [0.29, 0.717) is 5.56 Å². The number of aromatic nitrogens is 2. The Labute approximate surface area is 106 Å². The minimum atomic E-state index is -0.296. The minimum absolute atomic E-state index is 0.179. The van der Waals surface area contributed by atoms with Gasteiger partial charge in [0.25, 0.3) is 0 Å². The minimum Gasteiger partial charge on any atom is -0.306 e. The SMILES string of the molecule is CCCNC(c1cccnc1)c1ccncc1F. The van der Waals surface area contributed by atoms with E-state index in [9.17, 15) is 4.39 Å². The van der Waals surface area contributed by atoms with Crippen LogP contribution >= 0.6 is 0 Å². The third kappa shape index (κ3) is 2.90. The van der Waals surface area contributed by atoms with Gasteiger partial charge in [-0.2, -0.15) is 0 Å². The van der Waals surface area contributed by atoms with Crippen molar-refractivity contribution in [2.45, 2.75) is 19.4 Å². The third-order valence-corrected chi connectivity index (χ3v) is 2.73. The lowest BCUT2D eigenvalue weighted by Crippen LogP contribution is -2.24. The maximum absolute atomic E-state index is 13.8. The standard InChI is InChI=1S/C14H16FN3/c1-2-6-18-14(11-4-3-7-16-9-11)12-5-8-17-10-13(12)15/h3-5,7-10,14,18H,2,6H2,1H3. The molecule has 0 amide bonds. The second kappa shape index (κ2) is 6.21. The van der Waals surface area contributed by atoms with Crippen LogP contribution in [0.1, 0.15) is 30.5 Å². The first-order chi connectivity index (χ1) is 8.83. The molecule has 0 aliphatic rings. The van der Waals surface area contributed by atoms with Crippen molar-refractivity contribution in [2.24, 2.45) is 0 Å². The molecule has 1 unspecified atom stereocenters. The molecule has 1 N–H and O–H groups in total. The van der Waals surface area contributed by atoms with Crippen molar-refractivity contribution in [2.75, 3.05) is 6.54 Å². The van der Waals surface area contributed by atoms with Gasteiger partial charge in [-0.05, 0) is 30.7 Å². The number of halogens is 1. The summed E-state index contributed by atoms with van der Waals surface area (Å²) in [6.45, 7) is 2.90. The van der Waals surface area contributed by atoms with Crippen LogP contribution in [0.25, 0.3) is 0 Å². The molecule has 2 aromatic heterocycles. The number of hydrogen-bond donors (Lipinski definition) is 1. The normalized spacial score (nSPS) is 12.3. The van der Waals surface area contributed by atoms with Gasteiger partial charge in [0, 0.05) is 24.2 Å². The molecule has 18 heavy (non-hydrogen) atoms. The summed E-state index contributed by atoms with van der Waals surface area (Å²) in [6, 6.07) is 5.33. The Morgan fingerprint density at radius 2 is 2.06 bits per heavy atom. The number of pyridine rings is 2. The van der Waals surface area contributed by atoms with Gasteiger partial charge in [-0.1, -0.05) is 13.0 Å². The molecule has 2 heterocycles. The molecule has 0 bridgehead atoms. The van der Waals surface area contributed by atoms with E-state index in [1.165, 1.54) is 6.20 Å². The molecule has 1 atom stereocenters. The van der Waals surface area contributed by atoms with Crippen LogP contribution in [0.15, 0.2) is 43.0 Å². The Hall–Kier alpha value is -1.81. The Morgan fingerprint density at radius 1 is 1.22 bits per heavy atom. The van der Waals surface area contributed by atoms with Crippen molar-refractivity contribution in [1.29, 1.82) is 0 Å². The van der Waals surface area contributed by atoms with Crippen LogP contribution in [0.4, 0.5) is 4.39 Å². The molecule has 2 rings (SSSR count). The smallest absolute Gasteiger partial charge is 0.146 e. The molecular weight excluding hydrogens is 229 g/mol. The average molecular weight is 245 g/mol. The number of hydrogen-bond acceptors (Lipinski definition) is 3. The third-order valence-electron chi connectivity index (χ3n) is 2.73. The Morgan fingerprint density at radius 3 is 2.72 bits per heavy atom. The maximum atomic E-state index is 13.8. The lowest BCUT2D eigenvalue weighted by molar-refractivity contribution is 0.542. The van der Waals surface area contributed by atoms with E-state index in [1.807, 2.05) is 12.1 Å². The van der Waals surface area contributed by atoms with Gasteiger partial charge in [0.05, 0.1) is 12.2 Å². The van der Waals surface area contributed by atoms with Crippen LogP contribution in [0, 0.1) is 5.82 Å². The highest BCUT2D eigenvalue weighted by Crippen LogP contribution is 2.23. The van der Waals surface area contributed by atoms with E-state index in [0.717, 1.165) is 18.5 Å². The van der Waals surface area contributed by atoms with Gasteiger partial charge in [-0.3, -0.25) is 9.97 Å². The second-order valence-corrected chi connectivity index (χ2v) is 4.07. The zero-order chi connectivity index (χ0) is 12.8. The molecule has 94 valence electrons. The Kier molecular flexibility index (Phi) is 4.36. The summed E-state index contributed by atoms with van der Waals surface area (Å²) < 4.78 is 13.8. The number of rotatable bonds is 5. The molecule has 0 fully saturated rings. The molecule has 0 spiro atoms. The molecule has 3 nitrogen and oxygen atoms in total. The fraction of sp³-hybridized carbons (Fsp3) is 0.286. The van der Waals surface area contributed by atoms with Crippen LogP contribution in [-0.2, 0) is 0 Å². The summed E-state index contributed by atoms with van der Waals surface area (Å²) in [5.41, 5.74) is 1.56. The van der Waals surface area contributed by atoms with Crippen LogP contribution in [0.5, 0.6) is 0 Å². The first-order valence-corrected chi connectivity index (χ1v) is 6.05. The van der Waals surface area contributed by atoms with Crippen molar-refractivity contribution in [3.63, 3.8) is 0 Å². The predicted molar refractivity (Wildman–Crippen MR) is 68.6 cm³/mol. The monoisotopic (exact) mass is 245 g/mol. The average Bonchev–Trinajstić information content (AvgIpc) is 2.42. The summed E-state index contributed by atoms with van der Waals surface area (Å²) in [7, 11) is 0. The quantitative estimate of drug-likeness (QED) is 0.880. The highest BCUT2D eigenvalue weighted by atomic mass is 19.1. The van der Waals surface area contributed by atoms with E-state index in [1.54, 1.807) is 24.7 Å². The van der Waals surface area contributed by atoms with Crippen molar-refractivity contribution in [3.05, 3.63) is 59.9 Å². The van der Waals surface area contributed by atoms with Gasteiger partial charge >= 0.3 is 0 Å². The summed E-state index contributed by atoms with van der Waals surface area (Å²) >= 11 is 0. The van der Waals surface area contributed by atoms with Gasteiger partial charge in [-0.25, -0.2) is 4.39 Å². The molecule has 0 saturated heterocycles. The maximum Gasteiger partial charge on any atom is 0.146 e. The fourth-order valence-electron chi connectivity index (χ4n) is 1.86. The molecule has 0 aromatic carbocycles. The fourth-order valence-corrected chi connectivity index (χ4v) is 1.86. The number of nitrogens with one attached hydrogen (secondary N) is 1. The summed E-state index contributed by atoms with van der Waals surface area (Å²) in [6.07, 6.45) is 7.31. The zero-order valence-electron chi connectivity index (χ0n) is 10.3. The van der Waals surface area contributed by atoms with E-state index >= 15 is 0 Å². The van der Waals surface area contributed by atoms with Gasteiger partial charge in [-0.15, -0.1) is 0 Å². The molecule has 0 aliphatic carbocycles. The Bertz CT molecular complexity index is 487. The molecular formula is C14H16FN3. The predicted octanol–water partition coefficient (Wildman–Crippen LogP) is 2.70. The van der Waals surface area contributed by atoms with Crippen LogP contribution in [0.3, 0.4) is 0 Å². The van der Waals surface area contributed by atoms with Gasteiger partial charge in [0.1, 0.15) is 5.82 Å². The first-order valence-electron chi connectivity index (χ1n) is 6.05. The number of nitrogens with zero attached hydrogens (tertiary/aromatic N) is 2. The van der Waals surface area contributed by atoms with Crippen molar-refractivity contribution >= 4 is 0 Å². The lowest BCUT2D eigenvalue weighted by Gasteiger charge is -2.19. The van der Waals surface area contributed by atoms with E-state index in [-0.39, 0.29) is 11.9 Å². The van der Waals surface area contributed by atoms with Crippen LogP contribution < -0.4 is 5.32 Å². The van der Waals surface area contributed by atoms with Crippen LogP contribution in [0.2, 0.25) is 0 Å². The van der Waals surface area contributed by atoms with Crippen molar-refractivity contribution in [3.8, 4) is 0 Å². The van der Waals surface area contributed by atoms with Gasteiger partial charge in [0.2, 0.25) is 0 Å².